The molecular formula is C18H20FNO. The van der Waals surface area contributed by atoms with Crippen LogP contribution in [0.15, 0.2) is 42.5 Å². The minimum atomic E-state index is -0.242. The third-order valence-electron chi connectivity index (χ3n) is 3.76. The number of halogens is 1. The molecule has 1 N–H and O–H groups in total. The monoisotopic (exact) mass is 285 g/mol. The van der Waals surface area contributed by atoms with Crippen LogP contribution in [0, 0.1) is 12.7 Å². The van der Waals surface area contributed by atoms with Crippen LogP contribution in [0.1, 0.15) is 37.4 Å². The van der Waals surface area contributed by atoms with Crippen molar-refractivity contribution in [2.75, 3.05) is 5.32 Å². The summed E-state index contributed by atoms with van der Waals surface area (Å²) < 4.78 is 19.6. The molecule has 1 aliphatic rings. The van der Waals surface area contributed by atoms with Crippen LogP contribution in [0.4, 0.5) is 10.1 Å². The number of ether oxygens (including phenoxy) is 1. The number of nitrogens with one attached hydrogen (secondary N) is 1. The molecule has 1 atom stereocenters. The molecule has 0 bridgehead atoms. The molecule has 0 saturated carbocycles. The van der Waals surface area contributed by atoms with Crippen LogP contribution in [0.2, 0.25) is 0 Å². The van der Waals surface area contributed by atoms with Crippen LogP contribution >= 0.6 is 0 Å². The highest BCUT2D eigenvalue weighted by atomic mass is 19.1. The first-order chi connectivity index (χ1) is 9.93. The van der Waals surface area contributed by atoms with Crippen LogP contribution < -0.4 is 10.1 Å². The number of rotatable bonds is 2. The number of fused-ring (bicyclic) bond motifs is 1. The van der Waals surface area contributed by atoms with Gasteiger partial charge in [-0.15, -0.1) is 0 Å². The van der Waals surface area contributed by atoms with Gasteiger partial charge in [0.1, 0.15) is 17.2 Å². The van der Waals surface area contributed by atoms with Crippen molar-refractivity contribution in [3.05, 3.63) is 59.4 Å². The molecule has 0 fully saturated rings. The number of hydrogen-bond acceptors (Lipinski definition) is 2. The van der Waals surface area contributed by atoms with Gasteiger partial charge in [-0.1, -0.05) is 18.2 Å². The minimum Gasteiger partial charge on any atom is -0.487 e. The molecule has 0 radical (unpaired) electrons. The van der Waals surface area contributed by atoms with Crippen LogP contribution in [0.3, 0.4) is 0 Å². The Morgan fingerprint density at radius 1 is 1.19 bits per heavy atom. The molecule has 0 aromatic heterocycles. The molecule has 1 heterocycles. The summed E-state index contributed by atoms with van der Waals surface area (Å²) >= 11 is 0. The molecule has 2 nitrogen and oxygen atoms in total. The SMILES string of the molecule is Cc1cc(F)cc(NC2CC(C)(C)Oc3ccccc32)c1. The molecule has 3 heteroatoms. The van der Waals surface area contributed by atoms with Gasteiger partial charge in [0.05, 0.1) is 6.04 Å². The van der Waals surface area contributed by atoms with Crippen molar-refractivity contribution >= 4 is 5.69 Å². The van der Waals surface area contributed by atoms with E-state index in [0.717, 1.165) is 29.0 Å². The van der Waals surface area contributed by atoms with Gasteiger partial charge in [0.2, 0.25) is 0 Å². The second kappa shape index (κ2) is 5.06. The minimum absolute atomic E-state index is 0.117. The molecule has 0 amide bonds. The number of aryl methyl sites for hydroxylation is 1. The Labute approximate surface area is 125 Å². The molecule has 2 aromatic rings. The van der Waals surface area contributed by atoms with E-state index in [4.69, 9.17) is 4.74 Å². The second-order valence-electron chi connectivity index (χ2n) is 6.32. The molecular weight excluding hydrogens is 265 g/mol. The lowest BCUT2D eigenvalue weighted by Crippen LogP contribution is -2.37. The van der Waals surface area contributed by atoms with Crippen molar-refractivity contribution in [2.24, 2.45) is 0 Å². The van der Waals surface area contributed by atoms with Crippen LogP contribution in [-0.2, 0) is 0 Å². The van der Waals surface area contributed by atoms with E-state index in [2.05, 4.69) is 25.2 Å². The van der Waals surface area contributed by atoms with Gasteiger partial charge in [0, 0.05) is 17.7 Å². The van der Waals surface area contributed by atoms with Crippen molar-refractivity contribution in [3.8, 4) is 5.75 Å². The fraction of sp³-hybridized carbons (Fsp3) is 0.333. The van der Waals surface area contributed by atoms with E-state index in [0.29, 0.717) is 0 Å². The van der Waals surface area contributed by atoms with Gasteiger partial charge in [-0.3, -0.25) is 0 Å². The third kappa shape index (κ3) is 3.02. The zero-order chi connectivity index (χ0) is 15.0. The standard InChI is InChI=1S/C18H20FNO/c1-12-8-13(19)10-14(9-12)20-16-11-18(2,3)21-17-7-5-4-6-15(16)17/h4-10,16,20H,11H2,1-3H3. The molecule has 21 heavy (non-hydrogen) atoms. The van der Waals surface area contributed by atoms with Gasteiger partial charge in [-0.25, -0.2) is 4.39 Å². The summed E-state index contributed by atoms with van der Waals surface area (Å²) in [7, 11) is 0. The Kier molecular flexibility index (Phi) is 3.36. The molecule has 110 valence electrons. The van der Waals surface area contributed by atoms with Gasteiger partial charge in [0.25, 0.3) is 0 Å². The van der Waals surface area contributed by atoms with E-state index in [-0.39, 0.29) is 17.5 Å². The van der Waals surface area contributed by atoms with Crippen molar-refractivity contribution in [2.45, 2.75) is 38.8 Å². The van der Waals surface area contributed by atoms with E-state index in [1.165, 1.54) is 12.1 Å². The van der Waals surface area contributed by atoms with Crippen molar-refractivity contribution in [1.82, 2.24) is 0 Å². The topological polar surface area (TPSA) is 21.3 Å². The van der Waals surface area contributed by atoms with Gasteiger partial charge < -0.3 is 10.1 Å². The Morgan fingerprint density at radius 2 is 1.95 bits per heavy atom. The molecule has 0 aliphatic carbocycles. The summed E-state index contributed by atoms with van der Waals surface area (Å²) in [5.74, 6) is 0.691. The summed E-state index contributed by atoms with van der Waals surface area (Å²) in [6, 6.07) is 13.2. The Balaban J connectivity index is 1.94. The Bertz CT molecular complexity index is 646. The predicted molar refractivity (Wildman–Crippen MR) is 83.3 cm³/mol. The maximum absolute atomic E-state index is 13.6. The summed E-state index contributed by atoms with van der Waals surface area (Å²) in [6.45, 7) is 6.05. The van der Waals surface area contributed by atoms with Gasteiger partial charge in [-0.2, -0.15) is 0 Å². The van der Waals surface area contributed by atoms with Crippen LogP contribution in [0.25, 0.3) is 0 Å². The second-order valence-corrected chi connectivity index (χ2v) is 6.32. The number of hydrogen-bond donors (Lipinski definition) is 1. The smallest absolute Gasteiger partial charge is 0.125 e. The average molecular weight is 285 g/mol. The lowest BCUT2D eigenvalue weighted by molar-refractivity contribution is 0.0759. The fourth-order valence-corrected chi connectivity index (χ4v) is 2.95. The summed E-state index contributed by atoms with van der Waals surface area (Å²) in [6.07, 6.45) is 0.833. The zero-order valence-corrected chi connectivity index (χ0v) is 12.6. The number of benzene rings is 2. The van der Waals surface area contributed by atoms with E-state index in [1.807, 2.05) is 31.2 Å². The molecule has 0 spiro atoms. The molecule has 1 unspecified atom stereocenters. The van der Waals surface area contributed by atoms with Crippen molar-refractivity contribution in [3.63, 3.8) is 0 Å². The largest absolute Gasteiger partial charge is 0.487 e. The first-order valence-corrected chi connectivity index (χ1v) is 7.25. The highest BCUT2D eigenvalue weighted by molar-refractivity contribution is 5.50. The first kappa shape index (κ1) is 13.9. The number of anilines is 1. The lowest BCUT2D eigenvalue weighted by Gasteiger charge is -2.38. The maximum atomic E-state index is 13.6. The van der Waals surface area contributed by atoms with Crippen molar-refractivity contribution in [1.29, 1.82) is 0 Å². The Hall–Kier alpha value is -2.03. The van der Waals surface area contributed by atoms with Crippen LogP contribution in [-0.4, -0.2) is 5.60 Å². The molecule has 0 saturated heterocycles. The maximum Gasteiger partial charge on any atom is 0.125 e. The summed E-state index contributed by atoms with van der Waals surface area (Å²) in [4.78, 5) is 0. The third-order valence-corrected chi connectivity index (χ3v) is 3.76. The van der Waals surface area contributed by atoms with E-state index in [1.54, 1.807) is 0 Å². The molecule has 3 rings (SSSR count). The molecule has 2 aromatic carbocycles. The first-order valence-electron chi connectivity index (χ1n) is 7.25. The normalized spacial score (nSPS) is 19.5. The van der Waals surface area contributed by atoms with E-state index >= 15 is 0 Å². The van der Waals surface area contributed by atoms with Gasteiger partial charge >= 0.3 is 0 Å². The van der Waals surface area contributed by atoms with Gasteiger partial charge in [0.15, 0.2) is 0 Å². The van der Waals surface area contributed by atoms with Gasteiger partial charge in [-0.05, 0) is 50.6 Å². The highest BCUT2D eigenvalue weighted by Crippen LogP contribution is 2.40. The lowest BCUT2D eigenvalue weighted by atomic mass is 9.89. The summed E-state index contributed by atoms with van der Waals surface area (Å²) in [5, 5.41) is 3.45. The van der Waals surface area contributed by atoms with Crippen molar-refractivity contribution < 1.29 is 9.13 Å². The quantitative estimate of drug-likeness (QED) is 0.851. The highest BCUT2D eigenvalue weighted by Gasteiger charge is 2.33. The van der Waals surface area contributed by atoms with E-state index < -0.39 is 0 Å². The van der Waals surface area contributed by atoms with Crippen LogP contribution in [0.5, 0.6) is 5.75 Å². The Morgan fingerprint density at radius 3 is 2.71 bits per heavy atom. The summed E-state index contributed by atoms with van der Waals surface area (Å²) in [5.41, 5.74) is 2.61. The average Bonchev–Trinajstić information content (AvgIpc) is 2.36. The fourth-order valence-electron chi connectivity index (χ4n) is 2.95. The zero-order valence-electron chi connectivity index (χ0n) is 12.6. The molecule has 1 aliphatic heterocycles. The van der Waals surface area contributed by atoms with E-state index in [9.17, 15) is 4.39 Å². The number of para-hydroxylation sites is 1. The predicted octanol–water partition coefficient (Wildman–Crippen LogP) is 4.85.